The van der Waals surface area contributed by atoms with Crippen molar-refractivity contribution in [3.05, 3.63) is 47.5 Å². The lowest BCUT2D eigenvalue weighted by atomic mass is 9.64. The van der Waals surface area contributed by atoms with Crippen LogP contribution in [0.5, 0.6) is 0 Å². The molecule has 1 atom stereocenters. The minimum absolute atomic E-state index is 0.110. The van der Waals surface area contributed by atoms with Crippen molar-refractivity contribution in [1.29, 1.82) is 0 Å². The number of benzene rings is 1. The Bertz CT molecular complexity index is 703. The first-order valence-electron chi connectivity index (χ1n) is 13.0. The molecule has 1 aliphatic rings. The van der Waals surface area contributed by atoms with Crippen molar-refractivity contribution < 1.29 is 19.4 Å². The van der Waals surface area contributed by atoms with Gasteiger partial charge in [-0.3, -0.25) is 0 Å². The molecule has 0 spiro atoms. The number of aliphatic hydroxyl groups excluding tert-OH is 1. The fraction of sp³-hybridized carbons (Fsp3) is 0.690. The van der Waals surface area contributed by atoms with Gasteiger partial charge in [0.15, 0.2) is 0 Å². The summed E-state index contributed by atoms with van der Waals surface area (Å²) in [6.07, 6.45) is 12.8. The maximum atomic E-state index is 12.2. The molecule has 0 radical (unpaired) electrons. The number of methoxy groups -OCH3 is 1. The Morgan fingerprint density at radius 2 is 1.70 bits per heavy atom. The van der Waals surface area contributed by atoms with Crippen LogP contribution in [0.2, 0.25) is 0 Å². The number of rotatable bonds is 15. The highest BCUT2D eigenvalue weighted by Crippen LogP contribution is 2.46. The van der Waals surface area contributed by atoms with Crippen molar-refractivity contribution in [3.8, 4) is 0 Å². The van der Waals surface area contributed by atoms with E-state index in [1.54, 1.807) is 7.11 Å². The van der Waals surface area contributed by atoms with Crippen LogP contribution in [0.4, 0.5) is 0 Å². The maximum absolute atomic E-state index is 12.2. The van der Waals surface area contributed by atoms with Crippen LogP contribution in [-0.2, 0) is 20.7 Å². The average molecular weight is 459 g/mol. The highest BCUT2D eigenvalue weighted by Gasteiger charge is 2.41. The second kappa shape index (κ2) is 14.6. The normalized spacial score (nSPS) is 20.2. The summed E-state index contributed by atoms with van der Waals surface area (Å²) in [5.41, 5.74) is 2.85. The molecular formula is C29H46O4. The van der Waals surface area contributed by atoms with Crippen molar-refractivity contribution in [2.45, 2.75) is 90.4 Å². The molecule has 1 aliphatic carbocycles. The van der Waals surface area contributed by atoms with Gasteiger partial charge in [-0.2, -0.15) is 0 Å². The van der Waals surface area contributed by atoms with Gasteiger partial charge in [0.2, 0.25) is 0 Å². The molecule has 0 aromatic heterocycles. The number of ether oxygens (including phenoxy) is 2. The smallest absolute Gasteiger partial charge is 0.335 e. The van der Waals surface area contributed by atoms with E-state index in [2.05, 4.69) is 44.7 Å². The molecule has 33 heavy (non-hydrogen) atoms. The Morgan fingerprint density at radius 1 is 1.03 bits per heavy atom. The highest BCUT2D eigenvalue weighted by molar-refractivity contribution is 5.87. The number of hydrogen-bond acceptors (Lipinski definition) is 4. The number of carbonyl (C=O) groups excluding carboxylic acids is 1. The van der Waals surface area contributed by atoms with E-state index in [1.165, 1.54) is 36.8 Å². The van der Waals surface area contributed by atoms with E-state index in [4.69, 9.17) is 9.47 Å². The Morgan fingerprint density at radius 3 is 2.27 bits per heavy atom. The molecule has 1 unspecified atom stereocenters. The number of aliphatic hydroxyl groups is 1. The van der Waals surface area contributed by atoms with Gasteiger partial charge in [-0.05, 0) is 67.9 Å². The first-order chi connectivity index (χ1) is 16.0. The summed E-state index contributed by atoms with van der Waals surface area (Å²) in [4.78, 5) is 12.2. The largest absolute Gasteiger partial charge is 0.462 e. The second-order valence-electron chi connectivity index (χ2n) is 9.98. The molecule has 1 fully saturated rings. The minimum Gasteiger partial charge on any atom is -0.462 e. The van der Waals surface area contributed by atoms with Crippen LogP contribution in [0.15, 0.2) is 36.4 Å². The van der Waals surface area contributed by atoms with Gasteiger partial charge >= 0.3 is 5.97 Å². The summed E-state index contributed by atoms with van der Waals surface area (Å²) in [6.45, 7) is 8.61. The lowest BCUT2D eigenvalue weighted by Crippen LogP contribution is -2.42. The van der Waals surface area contributed by atoms with Crippen LogP contribution in [0.3, 0.4) is 0 Å². The Kier molecular flexibility index (Phi) is 12.2. The van der Waals surface area contributed by atoms with Crippen molar-refractivity contribution in [2.75, 3.05) is 26.9 Å². The van der Waals surface area contributed by atoms with Crippen molar-refractivity contribution in [3.63, 3.8) is 0 Å². The van der Waals surface area contributed by atoms with Crippen LogP contribution in [-0.4, -0.2) is 38.0 Å². The van der Waals surface area contributed by atoms with Gasteiger partial charge in [0, 0.05) is 12.5 Å². The summed E-state index contributed by atoms with van der Waals surface area (Å²) >= 11 is 0. The Balaban J connectivity index is 2.03. The van der Waals surface area contributed by atoms with Gasteiger partial charge in [0.05, 0.1) is 25.4 Å². The summed E-state index contributed by atoms with van der Waals surface area (Å²) in [5, 5.41) is 9.21. The van der Waals surface area contributed by atoms with Crippen LogP contribution >= 0.6 is 0 Å². The molecule has 0 heterocycles. The van der Waals surface area contributed by atoms with E-state index in [1.807, 2.05) is 0 Å². The molecule has 1 N–H and O–H groups in total. The average Bonchev–Trinajstić information content (AvgIpc) is 2.86. The summed E-state index contributed by atoms with van der Waals surface area (Å²) in [7, 11) is 1.74. The van der Waals surface area contributed by atoms with E-state index in [9.17, 15) is 9.90 Å². The maximum Gasteiger partial charge on any atom is 0.335 e. The van der Waals surface area contributed by atoms with Crippen LogP contribution < -0.4 is 0 Å². The number of unbranched alkanes of at least 4 members (excludes halogenated alkanes) is 3. The van der Waals surface area contributed by atoms with Crippen molar-refractivity contribution in [1.82, 2.24) is 0 Å². The fourth-order valence-corrected chi connectivity index (χ4v) is 5.39. The lowest BCUT2D eigenvalue weighted by Gasteiger charge is -2.43. The summed E-state index contributed by atoms with van der Waals surface area (Å²) < 4.78 is 11.3. The monoisotopic (exact) mass is 458 g/mol. The van der Waals surface area contributed by atoms with Gasteiger partial charge in [-0.15, -0.1) is 0 Å². The number of esters is 1. The fourth-order valence-electron chi connectivity index (χ4n) is 5.39. The molecule has 0 saturated heterocycles. The van der Waals surface area contributed by atoms with E-state index in [0.29, 0.717) is 25.0 Å². The molecule has 0 aliphatic heterocycles. The predicted octanol–water partition coefficient (Wildman–Crippen LogP) is 6.61. The highest BCUT2D eigenvalue weighted by atomic mass is 16.5. The third-order valence-corrected chi connectivity index (χ3v) is 7.54. The Hall–Kier alpha value is -1.65. The standard InChI is InChI=1S/C29H46O4/c1-5-7-9-10-24-11-13-25(14-12-24)26-15-17-27(18-16-26)29(21-32-4,19-8-6-2)22-33-28(31)23(3)20-30/h11-14,26-27,30H,3,5-10,15-22H2,1-2,4H3. The molecule has 1 aromatic rings. The summed E-state index contributed by atoms with van der Waals surface area (Å²) in [5.74, 6) is 0.569. The van der Waals surface area contributed by atoms with Gasteiger partial charge in [0.25, 0.3) is 0 Å². The zero-order valence-corrected chi connectivity index (χ0v) is 21.2. The van der Waals surface area contributed by atoms with Gasteiger partial charge in [-0.25, -0.2) is 4.79 Å². The Labute approximate surface area is 201 Å². The van der Waals surface area contributed by atoms with E-state index in [-0.39, 0.29) is 17.6 Å². The van der Waals surface area contributed by atoms with Crippen LogP contribution in [0.1, 0.15) is 95.1 Å². The molecule has 1 saturated carbocycles. The van der Waals surface area contributed by atoms with Gasteiger partial charge < -0.3 is 14.6 Å². The van der Waals surface area contributed by atoms with Gasteiger partial charge in [0.1, 0.15) is 0 Å². The molecule has 2 rings (SSSR count). The topological polar surface area (TPSA) is 55.8 Å². The lowest BCUT2D eigenvalue weighted by molar-refractivity contribution is -0.148. The number of hydrogen-bond donors (Lipinski definition) is 1. The first kappa shape index (κ1) is 27.6. The van der Waals surface area contributed by atoms with Crippen LogP contribution in [0, 0.1) is 11.3 Å². The zero-order valence-electron chi connectivity index (χ0n) is 21.2. The molecule has 4 heteroatoms. The molecule has 0 bridgehead atoms. The predicted molar refractivity (Wildman–Crippen MR) is 135 cm³/mol. The first-order valence-corrected chi connectivity index (χ1v) is 13.0. The quantitative estimate of drug-likeness (QED) is 0.183. The second-order valence-corrected chi connectivity index (χ2v) is 9.98. The molecule has 186 valence electrons. The minimum atomic E-state index is -0.498. The van der Waals surface area contributed by atoms with E-state index in [0.717, 1.165) is 44.9 Å². The SMILES string of the molecule is C=C(CO)C(=O)OCC(CCCC)(COC)C1CCC(c2ccc(CCCCC)cc2)CC1. The summed E-state index contributed by atoms with van der Waals surface area (Å²) in [6, 6.07) is 9.32. The van der Waals surface area contributed by atoms with Crippen LogP contribution in [0.25, 0.3) is 0 Å². The molecular weight excluding hydrogens is 412 g/mol. The number of carbonyl (C=O) groups is 1. The van der Waals surface area contributed by atoms with E-state index < -0.39 is 5.97 Å². The molecule has 1 aromatic carbocycles. The van der Waals surface area contributed by atoms with Crippen molar-refractivity contribution >= 4 is 5.97 Å². The third kappa shape index (κ3) is 8.26. The van der Waals surface area contributed by atoms with Gasteiger partial charge in [-0.1, -0.05) is 70.4 Å². The van der Waals surface area contributed by atoms with Crippen molar-refractivity contribution in [2.24, 2.45) is 11.3 Å². The van der Waals surface area contributed by atoms with E-state index >= 15 is 0 Å². The molecule has 0 amide bonds. The molecule has 4 nitrogen and oxygen atoms in total. The third-order valence-electron chi connectivity index (χ3n) is 7.54. The number of aryl methyl sites for hydroxylation is 1. The zero-order chi connectivity index (χ0) is 24.1.